The number of rotatable bonds is 7. The second-order valence-electron chi connectivity index (χ2n) is 6.30. The van der Waals surface area contributed by atoms with Crippen molar-refractivity contribution in [2.24, 2.45) is 0 Å². The Morgan fingerprint density at radius 3 is 2.20 bits per heavy atom. The van der Waals surface area contributed by atoms with Gasteiger partial charge in [-0.15, -0.1) is 0 Å². The van der Waals surface area contributed by atoms with E-state index in [0.29, 0.717) is 19.4 Å². The van der Waals surface area contributed by atoms with Crippen LogP contribution in [-0.4, -0.2) is 5.78 Å². The number of hydrogen-bond acceptors (Lipinski definition) is 2. The van der Waals surface area contributed by atoms with Crippen LogP contribution in [0.5, 0.6) is 5.75 Å². The number of ether oxygens (including phenoxy) is 1. The summed E-state index contributed by atoms with van der Waals surface area (Å²) in [5.41, 5.74) is 4.42. The van der Waals surface area contributed by atoms with E-state index in [4.69, 9.17) is 4.74 Å². The standard InChI is InChI=1S/C23H22O2/c1-18-10-12-20(13-11-18)17-25-23-9-5-8-21(16-23)15-22(24)14-19-6-3-2-4-7-19/h2-13,16H,14-15,17H2,1H3. The molecule has 0 aliphatic rings. The van der Waals surface area contributed by atoms with Gasteiger partial charge in [-0.3, -0.25) is 4.79 Å². The Balaban J connectivity index is 1.57. The molecule has 0 N–H and O–H groups in total. The third kappa shape index (κ3) is 5.32. The van der Waals surface area contributed by atoms with Crippen LogP contribution >= 0.6 is 0 Å². The van der Waals surface area contributed by atoms with Crippen molar-refractivity contribution < 1.29 is 9.53 Å². The Labute approximate surface area is 149 Å². The maximum absolute atomic E-state index is 12.3. The van der Waals surface area contributed by atoms with Gasteiger partial charge in [0, 0.05) is 12.8 Å². The lowest BCUT2D eigenvalue weighted by atomic mass is 10.0. The van der Waals surface area contributed by atoms with E-state index in [1.165, 1.54) is 5.56 Å². The topological polar surface area (TPSA) is 26.3 Å². The molecule has 3 aromatic rings. The summed E-state index contributed by atoms with van der Waals surface area (Å²) in [7, 11) is 0. The molecule has 0 saturated carbocycles. The van der Waals surface area contributed by atoms with Gasteiger partial charge in [-0.1, -0.05) is 72.3 Å². The Morgan fingerprint density at radius 1 is 0.760 bits per heavy atom. The quantitative estimate of drug-likeness (QED) is 0.614. The molecule has 3 aromatic carbocycles. The van der Waals surface area contributed by atoms with Crippen LogP contribution in [0.1, 0.15) is 22.3 Å². The number of ketones is 1. The molecule has 0 radical (unpaired) electrons. The fourth-order valence-electron chi connectivity index (χ4n) is 2.71. The fraction of sp³-hybridized carbons (Fsp3) is 0.174. The van der Waals surface area contributed by atoms with Crippen molar-refractivity contribution >= 4 is 5.78 Å². The first-order valence-corrected chi connectivity index (χ1v) is 8.52. The first-order valence-electron chi connectivity index (χ1n) is 8.52. The molecule has 0 amide bonds. The summed E-state index contributed by atoms with van der Waals surface area (Å²) >= 11 is 0. The van der Waals surface area contributed by atoms with Crippen molar-refractivity contribution in [2.75, 3.05) is 0 Å². The van der Waals surface area contributed by atoms with Gasteiger partial charge in [0.15, 0.2) is 0 Å². The Bertz CT molecular complexity index is 820. The van der Waals surface area contributed by atoms with Crippen molar-refractivity contribution in [2.45, 2.75) is 26.4 Å². The first kappa shape index (κ1) is 17.0. The maximum atomic E-state index is 12.3. The first-order chi connectivity index (χ1) is 12.2. The van der Waals surface area contributed by atoms with E-state index in [9.17, 15) is 4.79 Å². The van der Waals surface area contributed by atoms with Crippen molar-refractivity contribution in [3.63, 3.8) is 0 Å². The second kappa shape index (κ2) is 8.29. The zero-order valence-electron chi connectivity index (χ0n) is 14.4. The maximum Gasteiger partial charge on any atom is 0.141 e. The van der Waals surface area contributed by atoms with Gasteiger partial charge < -0.3 is 4.74 Å². The number of aryl methyl sites for hydroxylation is 1. The highest BCUT2D eigenvalue weighted by Gasteiger charge is 2.06. The van der Waals surface area contributed by atoms with Crippen LogP contribution in [0.2, 0.25) is 0 Å². The third-order valence-electron chi connectivity index (χ3n) is 4.07. The predicted octanol–water partition coefficient (Wildman–Crippen LogP) is 4.93. The summed E-state index contributed by atoms with van der Waals surface area (Å²) in [5, 5.41) is 0. The van der Waals surface area contributed by atoms with Crippen LogP contribution in [0.25, 0.3) is 0 Å². The molecular formula is C23H22O2. The minimum atomic E-state index is 0.210. The van der Waals surface area contributed by atoms with Gasteiger partial charge in [-0.05, 0) is 35.7 Å². The number of carbonyl (C=O) groups is 1. The molecule has 126 valence electrons. The highest BCUT2D eigenvalue weighted by molar-refractivity contribution is 5.83. The largest absolute Gasteiger partial charge is 0.489 e. The number of Topliss-reactive ketones (excluding diaryl/α,β-unsaturated/α-hetero) is 1. The van der Waals surface area contributed by atoms with Crippen LogP contribution in [-0.2, 0) is 24.2 Å². The Morgan fingerprint density at radius 2 is 1.44 bits per heavy atom. The van der Waals surface area contributed by atoms with E-state index in [-0.39, 0.29) is 5.78 Å². The Hall–Kier alpha value is -2.87. The summed E-state index contributed by atoms with van der Waals surface area (Å²) < 4.78 is 5.86. The molecule has 0 aliphatic carbocycles. The van der Waals surface area contributed by atoms with E-state index >= 15 is 0 Å². The SMILES string of the molecule is Cc1ccc(COc2cccc(CC(=O)Cc3ccccc3)c2)cc1. The molecule has 0 bridgehead atoms. The summed E-state index contributed by atoms with van der Waals surface area (Å²) in [6.07, 6.45) is 0.895. The molecule has 0 spiro atoms. The van der Waals surface area contributed by atoms with Crippen LogP contribution in [0.4, 0.5) is 0 Å². The van der Waals surface area contributed by atoms with E-state index in [1.54, 1.807) is 0 Å². The predicted molar refractivity (Wildman–Crippen MR) is 101 cm³/mol. The van der Waals surface area contributed by atoms with E-state index in [2.05, 4.69) is 31.2 Å². The lowest BCUT2D eigenvalue weighted by molar-refractivity contribution is -0.117. The average Bonchev–Trinajstić information content (AvgIpc) is 2.62. The van der Waals surface area contributed by atoms with E-state index < -0.39 is 0 Å². The van der Waals surface area contributed by atoms with Gasteiger partial charge in [-0.25, -0.2) is 0 Å². The fourth-order valence-corrected chi connectivity index (χ4v) is 2.71. The molecule has 2 heteroatoms. The molecule has 2 nitrogen and oxygen atoms in total. The van der Waals surface area contributed by atoms with Crippen molar-refractivity contribution in [3.05, 3.63) is 101 Å². The second-order valence-corrected chi connectivity index (χ2v) is 6.30. The molecule has 0 aliphatic heterocycles. The van der Waals surface area contributed by atoms with Gasteiger partial charge in [-0.2, -0.15) is 0 Å². The number of carbonyl (C=O) groups excluding carboxylic acids is 1. The lowest BCUT2D eigenvalue weighted by Crippen LogP contribution is -2.06. The van der Waals surface area contributed by atoms with Crippen LogP contribution in [0.15, 0.2) is 78.9 Å². The van der Waals surface area contributed by atoms with Gasteiger partial charge in [0.1, 0.15) is 18.1 Å². The minimum Gasteiger partial charge on any atom is -0.489 e. The van der Waals surface area contributed by atoms with Crippen molar-refractivity contribution in [1.29, 1.82) is 0 Å². The normalized spacial score (nSPS) is 10.4. The highest BCUT2D eigenvalue weighted by Crippen LogP contribution is 2.17. The zero-order valence-corrected chi connectivity index (χ0v) is 14.4. The summed E-state index contributed by atoms with van der Waals surface area (Å²) in [4.78, 5) is 12.3. The molecule has 0 unspecified atom stereocenters. The van der Waals surface area contributed by atoms with Crippen LogP contribution < -0.4 is 4.74 Å². The highest BCUT2D eigenvalue weighted by atomic mass is 16.5. The van der Waals surface area contributed by atoms with Crippen molar-refractivity contribution in [3.8, 4) is 5.75 Å². The van der Waals surface area contributed by atoms with E-state index in [0.717, 1.165) is 22.4 Å². The molecular weight excluding hydrogens is 308 g/mol. The summed E-state index contributed by atoms with van der Waals surface area (Å²) in [6, 6.07) is 26.0. The van der Waals surface area contributed by atoms with Crippen LogP contribution in [0, 0.1) is 6.92 Å². The number of hydrogen-bond donors (Lipinski definition) is 0. The van der Waals surface area contributed by atoms with E-state index in [1.807, 2.05) is 54.6 Å². The third-order valence-corrected chi connectivity index (χ3v) is 4.07. The molecule has 25 heavy (non-hydrogen) atoms. The average molecular weight is 330 g/mol. The number of benzene rings is 3. The molecule has 0 aromatic heterocycles. The molecule has 0 fully saturated rings. The zero-order chi connectivity index (χ0) is 17.5. The molecule has 0 heterocycles. The molecule has 3 rings (SSSR count). The minimum absolute atomic E-state index is 0.210. The monoisotopic (exact) mass is 330 g/mol. The van der Waals surface area contributed by atoms with Gasteiger partial charge >= 0.3 is 0 Å². The van der Waals surface area contributed by atoms with Crippen LogP contribution in [0.3, 0.4) is 0 Å². The lowest BCUT2D eigenvalue weighted by Gasteiger charge is -2.08. The van der Waals surface area contributed by atoms with Crippen molar-refractivity contribution in [1.82, 2.24) is 0 Å². The smallest absolute Gasteiger partial charge is 0.141 e. The molecule has 0 atom stereocenters. The van der Waals surface area contributed by atoms with Gasteiger partial charge in [0.05, 0.1) is 0 Å². The summed E-state index contributed by atoms with van der Waals surface area (Å²) in [5.74, 6) is 1.01. The summed E-state index contributed by atoms with van der Waals surface area (Å²) in [6.45, 7) is 2.60. The van der Waals surface area contributed by atoms with Gasteiger partial charge in [0.25, 0.3) is 0 Å². The Kier molecular flexibility index (Phi) is 5.63. The molecule has 0 saturated heterocycles. The van der Waals surface area contributed by atoms with Gasteiger partial charge in [0.2, 0.25) is 0 Å².